The van der Waals surface area contributed by atoms with Crippen molar-refractivity contribution in [1.29, 1.82) is 0 Å². The summed E-state index contributed by atoms with van der Waals surface area (Å²) in [6.45, 7) is 3.64. The molecule has 0 radical (unpaired) electrons. The number of hydrogen-bond acceptors (Lipinski definition) is 4. The summed E-state index contributed by atoms with van der Waals surface area (Å²) in [5.41, 5.74) is 0.229. The zero-order valence-electron chi connectivity index (χ0n) is 13.2. The Kier molecular flexibility index (Phi) is 6.82. The lowest BCUT2D eigenvalue weighted by molar-refractivity contribution is -0.139. The molecule has 0 bridgehead atoms. The number of aliphatic carboxylic acids is 1. The molecule has 1 aromatic rings. The van der Waals surface area contributed by atoms with Gasteiger partial charge in [0.25, 0.3) is 5.91 Å². The van der Waals surface area contributed by atoms with Gasteiger partial charge in [0.15, 0.2) is 0 Å². The first-order chi connectivity index (χ1) is 11.0. The molecule has 134 valence electrons. The van der Waals surface area contributed by atoms with E-state index in [1.807, 2.05) is 13.8 Å². The van der Waals surface area contributed by atoms with Crippen molar-refractivity contribution >= 4 is 21.7 Å². The minimum atomic E-state index is -4.54. The summed E-state index contributed by atoms with van der Waals surface area (Å²) >= 11 is 0. The van der Waals surface area contributed by atoms with E-state index in [9.17, 15) is 26.8 Å². The lowest BCUT2D eigenvalue weighted by atomic mass is 10.0. The number of carbonyl (C=O) groups is 2. The van der Waals surface area contributed by atoms with E-state index in [2.05, 4.69) is 5.32 Å². The Hall–Kier alpha value is -2.03. The van der Waals surface area contributed by atoms with Crippen LogP contribution in [-0.4, -0.2) is 37.2 Å². The lowest BCUT2D eigenvalue weighted by Crippen LogP contribution is -2.41. The normalized spacial score (nSPS) is 13.1. The van der Waals surface area contributed by atoms with Crippen molar-refractivity contribution in [3.05, 3.63) is 35.4 Å². The third-order valence-corrected chi connectivity index (χ3v) is 4.44. The number of sulfone groups is 1. The second-order valence-corrected chi connectivity index (χ2v) is 7.73. The highest BCUT2D eigenvalue weighted by Gasteiger charge is 2.25. The number of rotatable bonds is 8. The number of halogens is 2. The third-order valence-electron chi connectivity index (χ3n) is 3.17. The van der Waals surface area contributed by atoms with Gasteiger partial charge in [-0.1, -0.05) is 26.0 Å². The Balaban J connectivity index is 2.81. The molecule has 1 rings (SSSR count). The summed E-state index contributed by atoms with van der Waals surface area (Å²) in [5.74, 6) is -6.03. The largest absolute Gasteiger partial charge is 0.480 e. The van der Waals surface area contributed by atoms with Crippen LogP contribution in [0.5, 0.6) is 0 Å². The van der Waals surface area contributed by atoms with Gasteiger partial charge in [0.1, 0.15) is 6.04 Å². The van der Waals surface area contributed by atoms with Crippen LogP contribution in [-0.2, 0) is 20.4 Å². The maximum atomic E-state index is 12.3. The minimum absolute atomic E-state index is 0.0633. The molecular weight excluding hydrogens is 344 g/mol. The fraction of sp³-hybridized carbons (Fsp3) is 0.467. The summed E-state index contributed by atoms with van der Waals surface area (Å²) in [6, 6.07) is 3.97. The van der Waals surface area contributed by atoms with Crippen LogP contribution >= 0.6 is 0 Å². The molecule has 0 heterocycles. The monoisotopic (exact) mass is 363 g/mol. The average molecular weight is 363 g/mol. The molecule has 1 unspecified atom stereocenters. The Morgan fingerprint density at radius 1 is 1.17 bits per heavy atom. The van der Waals surface area contributed by atoms with Crippen molar-refractivity contribution in [3.8, 4) is 0 Å². The molecule has 0 aliphatic carbocycles. The first kappa shape index (κ1) is 20.0. The molecule has 0 saturated heterocycles. The van der Waals surface area contributed by atoms with Gasteiger partial charge in [-0.2, -0.15) is 8.78 Å². The Labute approximate surface area is 138 Å². The van der Waals surface area contributed by atoms with E-state index in [1.165, 1.54) is 24.3 Å². The van der Waals surface area contributed by atoms with Crippen LogP contribution in [0.4, 0.5) is 8.78 Å². The number of hydrogen-bond donors (Lipinski definition) is 2. The number of carboxylic acids is 1. The van der Waals surface area contributed by atoms with Gasteiger partial charge >= 0.3 is 11.7 Å². The topological polar surface area (TPSA) is 101 Å². The highest BCUT2D eigenvalue weighted by molar-refractivity contribution is 7.90. The Morgan fingerprint density at radius 2 is 1.71 bits per heavy atom. The number of carbonyl (C=O) groups excluding carboxylic acids is 1. The van der Waals surface area contributed by atoms with Crippen LogP contribution in [0.15, 0.2) is 24.3 Å². The molecule has 0 saturated carbocycles. The van der Waals surface area contributed by atoms with Gasteiger partial charge in [-0.3, -0.25) is 4.79 Å². The number of carboxylic acid groups (broad SMARTS) is 1. The molecule has 1 aromatic carbocycles. The molecule has 1 amide bonds. The van der Waals surface area contributed by atoms with Gasteiger partial charge in [-0.05, 0) is 30.0 Å². The first-order valence-electron chi connectivity index (χ1n) is 7.15. The highest BCUT2D eigenvalue weighted by Crippen LogP contribution is 2.14. The second kappa shape index (κ2) is 8.18. The van der Waals surface area contributed by atoms with Gasteiger partial charge < -0.3 is 10.4 Å². The number of amides is 1. The van der Waals surface area contributed by atoms with Crippen molar-refractivity contribution < 1.29 is 31.9 Å². The maximum absolute atomic E-state index is 12.3. The quantitative estimate of drug-likeness (QED) is 0.736. The molecule has 6 nitrogen and oxygen atoms in total. The third kappa shape index (κ3) is 5.88. The molecule has 0 aliphatic rings. The van der Waals surface area contributed by atoms with Crippen LogP contribution in [0.1, 0.15) is 36.2 Å². The number of nitrogens with one attached hydrogen (secondary N) is 1. The number of alkyl halides is 2. The fourth-order valence-corrected chi connectivity index (χ4v) is 2.77. The fourth-order valence-electron chi connectivity index (χ4n) is 1.98. The summed E-state index contributed by atoms with van der Waals surface area (Å²) in [4.78, 5) is 23.2. The van der Waals surface area contributed by atoms with Crippen molar-refractivity contribution in [1.82, 2.24) is 5.32 Å². The molecule has 0 aliphatic heterocycles. The van der Waals surface area contributed by atoms with E-state index in [4.69, 9.17) is 5.11 Å². The lowest BCUT2D eigenvalue weighted by Gasteiger charge is -2.16. The first-order valence-corrected chi connectivity index (χ1v) is 8.86. The minimum Gasteiger partial charge on any atom is -0.480 e. The van der Waals surface area contributed by atoms with Crippen molar-refractivity contribution in [3.63, 3.8) is 0 Å². The molecule has 0 spiro atoms. The number of benzene rings is 1. The smallest absolute Gasteiger partial charge is 0.337 e. The zero-order chi connectivity index (χ0) is 18.5. The average Bonchev–Trinajstić information content (AvgIpc) is 2.46. The van der Waals surface area contributed by atoms with Gasteiger partial charge in [-0.15, -0.1) is 0 Å². The molecule has 2 N–H and O–H groups in total. The van der Waals surface area contributed by atoms with Gasteiger partial charge in [0.2, 0.25) is 9.84 Å². The van der Waals surface area contributed by atoms with Gasteiger partial charge in [0.05, 0.1) is 5.75 Å². The summed E-state index contributed by atoms with van der Waals surface area (Å²) in [5, 5.41) is 11.5. The van der Waals surface area contributed by atoms with Crippen LogP contribution in [0.2, 0.25) is 0 Å². The van der Waals surface area contributed by atoms with Gasteiger partial charge in [0, 0.05) is 5.56 Å². The van der Waals surface area contributed by atoms with Crippen LogP contribution < -0.4 is 5.32 Å². The van der Waals surface area contributed by atoms with Crippen LogP contribution in [0.3, 0.4) is 0 Å². The summed E-state index contributed by atoms with van der Waals surface area (Å²) in [6.07, 6.45) is 0.256. The van der Waals surface area contributed by atoms with E-state index in [0.717, 1.165) is 0 Å². The van der Waals surface area contributed by atoms with E-state index in [0.29, 0.717) is 0 Å². The van der Waals surface area contributed by atoms with E-state index in [-0.39, 0.29) is 23.5 Å². The molecule has 0 fully saturated rings. The summed E-state index contributed by atoms with van der Waals surface area (Å²) < 4.78 is 46.9. The predicted octanol–water partition coefficient (Wildman–Crippen LogP) is 2.05. The molecule has 1 atom stereocenters. The Morgan fingerprint density at radius 3 is 2.12 bits per heavy atom. The van der Waals surface area contributed by atoms with E-state index >= 15 is 0 Å². The van der Waals surface area contributed by atoms with E-state index < -0.39 is 39.3 Å². The molecular formula is C15H19F2NO5S. The van der Waals surface area contributed by atoms with Crippen molar-refractivity contribution in [2.24, 2.45) is 5.92 Å². The Bertz CT molecular complexity index is 686. The molecule has 24 heavy (non-hydrogen) atoms. The predicted molar refractivity (Wildman–Crippen MR) is 83.4 cm³/mol. The van der Waals surface area contributed by atoms with Crippen molar-refractivity contribution in [2.45, 2.75) is 37.8 Å². The standard InChI is InChI=1S/C15H19F2NO5S/c1-9(2)7-12(14(20)21)18-13(19)11-5-3-10(4-6-11)8-24(22,23)15(16)17/h3-6,9,12,15H,7-8H2,1-2H3,(H,18,19)(H,20,21). The van der Waals surface area contributed by atoms with Crippen LogP contribution in [0, 0.1) is 5.92 Å². The zero-order valence-corrected chi connectivity index (χ0v) is 14.0. The second-order valence-electron chi connectivity index (χ2n) is 5.76. The SMILES string of the molecule is CC(C)CC(NC(=O)c1ccc(CS(=O)(=O)C(F)F)cc1)C(=O)O. The molecule has 0 aromatic heterocycles. The summed E-state index contributed by atoms with van der Waals surface area (Å²) in [7, 11) is -4.54. The van der Waals surface area contributed by atoms with Gasteiger partial charge in [-0.25, -0.2) is 13.2 Å². The molecule has 9 heteroatoms. The highest BCUT2D eigenvalue weighted by atomic mass is 32.2. The maximum Gasteiger partial charge on any atom is 0.337 e. The van der Waals surface area contributed by atoms with Crippen molar-refractivity contribution in [2.75, 3.05) is 0 Å². The van der Waals surface area contributed by atoms with E-state index in [1.54, 1.807) is 0 Å². The van der Waals surface area contributed by atoms with Crippen LogP contribution in [0.25, 0.3) is 0 Å².